The molecule has 20 heavy (non-hydrogen) atoms. The van der Waals surface area contributed by atoms with E-state index >= 15 is 0 Å². The molecule has 4 nitrogen and oxygen atoms in total. The molecule has 0 aromatic heterocycles. The van der Waals surface area contributed by atoms with E-state index in [1.807, 2.05) is 25.1 Å². The van der Waals surface area contributed by atoms with Crippen molar-refractivity contribution in [3.8, 4) is 6.07 Å². The Morgan fingerprint density at radius 2 is 1.55 bits per heavy atom. The summed E-state index contributed by atoms with van der Waals surface area (Å²) >= 11 is 0. The Balaban J connectivity index is 2.38. The van der Waals surface area contributed by atoms with E-state index in [1.54, 1.807) is 12.1 Å². The third-order valence-corrected chi connectivity index (χ3v) is 4.84. The van der Waals surface area contributed by atoms with Gasteiger partial charge in [0.1, 0.15) is 0 Å². The van der Waals surface area contributed by atoms with Crippen LogP contribution >= 0.6 is 0 Å². The van der Waals surface area contributed by atoms with Crippen LogP contribution in [-0.2, 0) is 10.0 Å². The number of benzene rings is 2. The molecule has 0 radical (unpaired) electrons. The Morgan fingerprint density at radius 1 is 1.00 bits per heavy atom. The van der Waals surface area contributed by atoms with Gasteiger partial charge in [-0.15, -0.1) is 0 Å². The number of sulfonamides is 1. The summed E-state index contributed by atoms with van der Waals surface area (Å²) in [5, 5.41) is 8.73. The predicted octanol–water partition coefficient (Wildman–Crippen LogP) is 2.69. The van der Waals surface area contributed by atoms with Gasteiger partial charge in [-0.25, -0.2) is 8.42 Å². The fourth-order valence-electron chi connectivity index (χ4n) is 1.75. The molecule has 0 saturated carbocycles. The molecule has 0 amide bonds. The van der Waals surface area contributed by atoms with E-state index in [2.05, 4.69) is 0 Å². The smallest absolute Gasteiger partial charge is 0.264 e. The average molecular weight is 286 g/mol. The average Bonchev–Trinajstić information content (AvgIpc) is 2.47. The van der Waals surface area contributed by atoms with Crippen LogP contribution in [0.25, 0.3) is 0 Å². The molecule has 2 aromatic carbocycles. The first-order valence-corrected chi connectivity index (χ1v) is 7.45. The molecule has 0 unspecified atom stereocenters. The van der Waals surface area contributed by atoms with E-state index in [1.165, 1.54) is 35.6 Å². The van der Waals surface area contributed by atoms with Crippen molar-refractivity contribution in [1.82, 2.24) is 0 Å². The molecule has 5 heteroatoms. The second-order valence-corrected chi connectivity index (χ2v) is 6.41. The van der Waals surface area contributed by atoms with Crippen LogP contribution in [0, 0.1) is 18.3 Å². The van der Waals surface area contributed by atoms with Crippen LogP contribution in [0.2, 0.25) is 0 Å². The van der Waals surface area contributed by atoms with E-state index < -0.39 is 10.0 Å². The molecule has 0 saturated heterocycles. The zero-order valence-corrected chi connectivity index (χ0v) is 12.1. The zero-order valence-electron chi connectivity index (χ0n) is 11.2. The summed E-state index contributed by atoms with van der Waals surface area (Å²) in [6.45, 7) is 1.94. The maximum absolute atomic E-state index is 12.5. The highest BCUT2D eigenvalue weighted by atomic mass is 32.2. The van der Waals surface area contributed by atoms with Gasteiger partial charge in [0, 0.05) is 7.05 Å². The minimum atomic E-state index is -3.61. The molecule has 2 rings (SSSR count). The fraction of sp³-hybridized carbons (Fsp3) is 0.133. The van der Waals surface area contributed by atoms with Gasteiger partial charge in [0.25, 0.3) is 10.0 Å². The largest absolute Gasteiger partial charge is 0.269 e. The normalized spacial score (nSPS) is 10.8. The fourth-order valence-corrected chi connectivity index (χ4v) is 2.95. The molecule has 0 spiro atoms. The maximum atomic E-state index is 12.5. The van der Waals surface area contributed by atoms with Gasteiger partial charge in [-0.2, -0.15) is 5.26 Å². The first-order valence-electron chi connectivity index (χ1n) is 6.01. The minimum absolute atomic E-state index is 0.166. The predicted molar refractivity (Wildman–Crippen MR) is 77.9 cm³/mol. The van der Waals surface area contributed by atoms with Gasteiger partial charge < -0.3 is 0 Å². The molecular weight excluding hydrogens is 272 g/mol. The van der Waals surface area contributed by atoms with E-state index in [-0.39, 0.29) is 4.90 Å². The second kappa shape index (κ2) is 5.35. The number of hydrogen-bond donors (Lipinski definition) is 0. The van der Waals surface area contributed by atoms with Gasteiger partial charge in [-0.1, -0.05) is 17.7 Å². The first-order chi connectivity index (χ1) is 9.45. The summed E-state index contributed by atoms with van der Waals surface area (Å²) < 4.78 is 26.2. The Hall–Kier alpha value is -2.32. The standard InChI is InChI=1S/C15H14N2O2S/c1-12-3-7-14(8-4-12)17(2)20(18,19)15-9-5-13(11-16)6-10-15/h3-10H,1-2H3. The molecule has 0 fully saturated rings. The van der Waals surface area contributed by atoms with Crippen LogP contribution in [0.1, 0.15) is 11.1 Å². The number of rotatable bonds is 3. The number of hydrogen-bond acceptors (Lipinski definition) is 3. The molecule has 0 aliphatic rings. The summed E-state index contributed by atoms with van der Waals surface area (Å²) in [6, 6.07) is 15.1. The van der Waals surface area contributed by atoms with Gasteiger partial charge >= 0.3 is 0 Å². The summed E-state index contributed by atoms with van der Waals surface area (Å²) in [5.74, 6) is 0. The van der Waals surface area contributed by atoms with E-state index in [0.29, 0.717) is 11.3 Å². The highest BCUT2D eigenvalue weighted by Gasteiger charge is 2.20. The van der Waals surface area contributed by atoms with Crippen LogP contribution in [0.4, 0.5) is 5.69 Å². The van der Waals surface area contributed by atoms with Crippen molar-refractivity contribution >= 4 is 15.7 Å². The Morgan fingerprint density at radius 3 is 2.05 bits per heavy atom. The zero-order chi connectivity index (χ0) is 14.8. The summed E-state index contributed by atoms with van der Waals surface area (Å²) in [5.41, 5.74) is 2.10. The summed E-state index contributed by atoms with van der Waals surface area (Å²) in [4.78, 5) is 0.166. The van der Waals surface area contributed by atoms with Crippen molar-refractivity contribution in [2.75, 3.05) is 11.4 Å². The van der Waals surface area contributed by atoms with Crippen molar-refractivity contribution in [2.45, 2.75) is 11.8 Å². The number of nitriles is 1. The molecule has 0 bridgehead atoms. The first kappa shape index (κ1) is 14.1. The summed E-state index contributed by atoms with van der Waals surface area (Å²) in [7, 11) is -2.09. The van der Waals surface area contributed by atoms with Crippen molar-refractivity contribution in [2.24, 2.45) is 0 Å². The molecule has 0 aliphatic carbocycles. The SMILES string of the molecule is Cc1ccc(N(C)S(=O)(=O)c2ccc(C#N)cc2)cc1. The minimum Gasteiger partial charge on any atom is -0.269 e. The summed E-state index contributed by atoms with van der Waals surface area (Å²) in [6.07, 6.45) is 0. The maximum Gasteiger partial charge on any atom is 0.264 e. The highest BCUT2D eigenvalue weighted by Crippen LogP contribution is 2.22. The molecule has 0 heterocycles. The molecule has 0 atom stereocenters. The molecule has 102 valence electrons. The lowest BCUT2D eigenvalue weighted by Gasteiger charge is -2.19. The van der Waals surface area contributed by atoms with Crippen LogP contribution in [0.3, 0.4) is 0 Å². The van der Waals surface area contributed by atoms with Gasteiger partial charge in [0.05, 0.1) is 22.2 Å². The molecule has 2 aromatic rings. The van der Waals surface area contributed by atoms with Crippen molar-refractivity contribution in [3.05, 3.63) is 59.7 Å². The monoisotopic (exact) mass is 286 g/mol. The van der Waals surface area contributed by atoms with Crippen LogP contribution in [-0.4, -0.2) is 15.5 Å². The molecular formula is C15H14N2O2S. The number of aryl methyl sites for hydroxylation is 1. The van der Waals surface area contributed by atoms with Crippen molar-refractivity contribution in [3.63, 3.8) is 0 Å². The Bertz CT molecular complexity index is 742. The van der Waals surface area contributed by atoms with Gasteiger partial charge in [0.2, 0.25) is 0 Å². The van der Waals surface area contributed by atoms with Crippen LogP contribution < -0.4 is 4.31 Å². The lowest BCUT2D eigenvalue weighted by molar-refractivity contribution is 0.594. The van der Waals surface area contributed by atoms with Gasteiger partial charge in [-0.3, -0.25) is 4.31 Å². The van der Waals surface area contributed by atoms with Gasteiger partial charge in [-0.05, 0) is 43.3 Å². The van der Waals surface area contributed by atoms with E-state index in [9.17, 15) is 8.42 Å². The van der Waals surface area contributed by atoms with E-state index in [4.69, 9.17) is 5.26 Å². The quantitative estimate of drug-likeness (QED) is 0.871. The van der Waals surface area contributed by atoms with Crippen LogP contribution in [0.15, 0.2) is 53.4 Å². The highest BCUT2D eigenvalue weighted by molar-refractivity contribution is 7.92. The number of nitrogens with zero attached hydrogens (tertiary/aromatic N) is 2. The van der Waals surface area contributed by atoms with Crippen molar-refractivity contribution < 1.29 is 8.42 Å². The molecule has 0 N–H and O–H groups in total. The van der Waals surface area contributed by atoms with E-state index in [0.717, 1.165) is 5.56 Å². The molecule has 0 aliphatic heterocycles. The Kier molecular flexibility index (Phi) is 3.77. The third-order valence-electron chi connectivity index (χ3n) is 3.04. The van der Waals surface area contributed by atoms with Crippen LogP contribution in [0.5, 0.6) is 0 Å². The number of anilines is 1. The van der Waals surface area contributed by atoms with Crippen molar-refractivity contribution in [1.29, 1.82) is 5.26 Å². The van der Waals surface area contributed by atoms with Gasteiger partial charge in [0.15, 0.2) is 0 Å². The third kappa shape index (κ3) is 2.65. The Labute approximate surface area is 118 Å². The topological polar surface area (TPSA) is 61.2 Å². The second-order valence-electron chi connectivity index (χ2n) is 4.44. The lowest BCUT2D eigenvalue weighted by atomic mass is 10.2. The lowest BCUT2D eigenvalue weighted by Crippen LogP contribution is -2.26.